The molecule has 1 aliphatic heterocycles. The maximum atomic E-state index is 11.2. The first-order chi connectivity index (χ1) is 12.0. The zero-order valence-corrected chi connectivity index (χ0v) is 15.6. The molecule has 7 nitrogen and oxygen atoms in total. The highest BCUT2D eigenvalue weighted by Crippen LogP contribution is 2.30. The van der Waals surface area contributed by atoms with Gasteiger partial charge in [-0.3, -0.25) is 0 Å². The van der Waals surface area contributed by atoms with Gasteiger partial charge in [0.05, 0.1) is 4.90 Å². The molecule has 26 heavy (non-hydrogen) atoms. The Labute approximate surface area is 158 Å². The maximum Gasteiger partial charge on any atom is 0.238 e. The first kappa shape index (κ1) is 20.3. The molecule has 1 unspecified atom stereocenters. The van der Waals surface area contributed by atoms with Crippen molar-refractivity contribution in [3.8, 4) is 17.2 Å². The van der Waals surface area contributed by atoms with Gasteiger partial charge < -0.3 is 19.5 Å². The summed E-state index contributed by atoms with van der Waals surface area (Å²) in [6.45, 7) is 2.21. The number of hydrogen-bond acceptors (Lipinski definition) is 6. The first-order valence-corrected chi connectivity index (χ1v) is 9.42. The van der Waals surface area contributed by atoms with Crippen molar-refractivity contribution < 1.29 is 22.6 Å². The fourth-order valence-electron chi connectivity index (χ4n) is 2.39. The Morgan fingerprint density at radius 3 is 2.50 bits per heavy atom. The Morgan fingerprint density at radius 2 is 1.81 bits per heavy atom. The van der Waals surface area contributed by atoms with Gasteiger partial charge in [0, 0.05) is 13.1 Å². The van der Waals surface area contributed by atoms with E-state index in [1.165, 1.54) is 12.1 Å². The number of nitrogens with one attached hydrogen (secondary N) is 1. The van der Waals surface area contributed by atoms with Gasteiger partial charge in [-0.15, -0.1) is 12.4 Å². The largest absolute Gasteiger partial charge is 0.492 e. The summed E-state index contributed by atoms with van der Waals surface area (Å²) in [6.07, 6.45) is -0.0519. The molecule has 3 N–H and O–H groups in total. The molecule has 0 fully saturated rings. The molecule has 0 amide bonds. The lowest BCUT2D eigenvalue weighted by atomic mass is 10.2. The van der Waals surface area contributed by atoms with Gasteiger partial charge in [-0.2, -0.15) is 0 Å². The fraction of sp³-hybridized carbons (Fsp3) is 0.294. The lowest BCUT2D eigenvalue weighted by Crippen LogP contribution is -2.39. The van der Waals surface area contributed by atoms with Crippen molar-refractivity contribution in [3.05, 3.63) is 48.5 Å². The van der Waals surface area contributed by atoms with E-state index in [-0.39, 0.29) is 23.4 Å². The summed E-state index contributed by atoms with van der Waals surface area (Å²) in [6, 6.07) is 13.6. The van der Waals surface area contributed by atoms with E-state index in [1.54, 1.807) is 12.1 Å². The Hall–Kier alpha value is -2.00. The summed E-state index contributed by atoms with van der Waals surface area (Å²) in [5.74, 6) is 2.11. The fourth-order valence-corrected chi connectivity index (χ4v) is 2.91. The molecule has 0 aliphatic carbocycles. The highest BCUT2D eigenvalue weighted by Gasteiger charge is 2.19. The molecule has 1 heterocycles. The third kappa shape index (κ3) is 5.50. The minimum Gasteiger partial charge on any atom is -0.492 e. The number of fused-ring (bicyclic) bond motifs is 1. The van der Waals surface area contributed by atoms with Crippen molar-refractivity contribution in [2.24, 2.45) is 5.14 Å². The molecular weight excluding hydrogens is 380 g/mol. The molecule has 142 valence electrons. The number of ether oxygens (including phenoxy) is 3. The molecule has 2 aromatic rings. The van der Waals surface area contributed by atoms with Crippen LogP contribution in [0.3, 0.4) is 0 Å². The number of hydrogen-bond donors (Lipinski definition) is 2. The van der Waals surface area contributed by atoms with Crippen LogP contribution in [0.25, 0.3) is 0 Å². The Balaban J connectivity index is 0.00000243. The monoisotopic (exact) mass is 400 g/mol. The lowest BCUT2D eigenvalue weighted by Gasteiger charge is -2.26. The standard InChI is InChI=1S/C17H20N2O5S.ClH/c18-25(20,21)15-7-5-13(6-8-15)22-10-9-19-11-14-12-23-16-3-1-2-4-17(16)24-14;/h1-8,14,19H,9-12H2,(H2,18,20,21);1H. The Morgan fingerprint density at radius 1 is 1.12 bits per heavy atom. The van der Waals surface area contributed by atoms with Crippen molar-refractivity contribution >= 4 is 22.4 Å². The summed E-state index contributed by atoms with van der Waals surface area (Å²) in [4.78, 5) is 0.0627. The molecule has 0 saturated heterocycles. The van der Waals surface area contributed by atoms with Crippen molar-refractivity contribution in [3.63, 3.8) is 0 Å². The van der Waals surface area contributed by atoms with Crippen molar-refractivity contribution in [1.82, 2.24) is 5.32 Å². The zero-order valence-electron chi connectivity index (χ0n) is 14.0. The van der Waals surface area contributed by atoms with E-state index in [9.17, 15) is 8.42 Å². The Kier molecular flexibility index (Phi) is 7.10. The number of para-hydroxylation sites is 2. The van der Waals surface area contributed by atoms with Gasteiger partial charge in [-0.1, -0.05) is 12.1 Å². The van der Waals surface area contributed by atoms with Crippen LogP contribution in [0.15, 0.2) is 53.4 Å². The van der Waals surface area contributed by atoms with E-state index < -0.39 is 10.0 Å². The summed E-state index contributed by atoms with van der Waals surface area (Å²) in [5.41, 5.74) is 0. The van der Waals surface area contributed by atoms with E-state index >= 15 is 0 Å². The first-order valence-electron chi connectivity index (χ1n) is 7.87. The van der Waals surface area contributed by atoms with Crippen LogP contribution < -0.4 is 24.7 Å². The third-order valence-corrected chi connectivity index (χ3v) is 4.57. The Bertz CT molecular complexity index is 814. The van der Waals surface area contributed by atoms with E-state index in [2.05, 4.69) is 5.32 Å². The molecule has 0 radical (unpaired) electrons. The molecule has 0 bridgehead atoms. The minimum atomic E-state index is -3.68. The second-order valence-corrected chi connectivity index (χ2v) is 7.13. The van der Waals surface area contributed by atoms with Crippen LogP contribution in [0.2, 0.25) is 0 Å². The average Bonchev–Trinajstić information content (AvgIpc) is 2.61. The van der Waals surface area contributed by atoms with Crippen LogP contribution in [-0.4, -0.2) is 40.8 Å². The van der Waals surface area contributed by atoms with Crippen molar-refractivity contribution in [1.29, 1.82) is 0 Å². The third-order valence-electron chi connectivity index (χ3n) is 3.64. The van der Waals surface area contributed by atoms with Crippen LogP contribution in [0.5, 0.6) is 17.2 Å². The summed E-state index contributed by atoms with van der Waals surface area (Å²) in [5, 5.41) is 8.29. The molecular formula is C17H21ClN2O5S. The number of primary sulfonamides is 1. The molecule has 1 atom stereocenters. The highest BCUT2D eigenvalue weighted by molar-refractivity contribution is 7.89. The predicted molar refractivity (Wildman–Crippen MR) is 99.8 cm³/mol. The lowest BCUT2D eigenvalue weighted by molar-refractivity contribution is 0.0897. The number of benzene rings is 2. The maximum absolute atomic E-state index is 11.2. The smallest absolute Gasteiger partial charge is 0.238 e. The van der Waals surface area contributed by atoms with Crippen molar-refractivity contribution in [2.45, 2.75) is 11.0 Å². The minimum absolute atomic E-state index is 0. The topological polar surface area (TPSA) is 99.9 Å². The van der Waals surface area contributed by atoms with Gasteiger partial charge in [-0.05, 0) is 36.4 Å². The average molecular weight is 401 g/mol. The van der Waals surface area contributed by atoms with Gasteiger partial charge in [0.1, 0.15) is 25.1 Å². The summed E-state index contributed by atoms with van der Waals surface area (Å²) < 4.78 is 39.4. The molecule has 2 aromatic carbocycles. The van der Waals surface area contributed by atoms with Crippen LogP contribution in [0.4, 0.5) is 0 Å². The van der Waals surface area contributed by atoms with Crippen LogP contribution in [0.1, 0.15) is 0 Å². The molecule has 0 spiro atoms. The van der Waals surface area contributed by atoms with E-state index in [4.69, 9.17) is 19.3 Å². The summed E-state index contributed by atoms with van der Waals surface area (Å²) >= 11 is 0. The number of rotatable bonds is 7. The van der Waals surface area contributed by atoms with Crippen LogP contribution >= 0.6 is 12.4 Å². The van der Waals surface area contributed by atoms with Gasteiger partial charge >= 0.3 is 0 Å². The highest BCUT2D eigenvalue weighted by atomic mass is 35.5. The second kappa shape index (κ2) is 9.09. The quantitative estimate of drug-likeness (QED) is 0.684. The molecule has 9 heteroatoms. The van der Waals surface area contributed by atoms with E-state index in [1.807, 2.05) is 24.3 Å². The number of halogens is 1. The number of sulfonamides is 1. The molecule has 0 aromatic heterocycles. The summed E-state index contributed by atoms with van der Waals surface area (Å²) in [7, 11) is -3.68. The van der Waals surface area contributed by atoms with E-state index in [0.717, 1.165) is 11.5 Å². The molecule has 0 saturated carbocycles. The van der Waals surface area contributed by atoms with Gasteiger partial charge in [-0.25, -0.2) is 13.6 Å². The SMILES string of the molecule is Cl.NS(=O)(=O)c1ccc(OCCNCC2COc3ccccc3O2)cc1. The second-order valence-electron chi connectivity index (χ2n) is 5.57. The zero-order chi connectivity index (χ0) is 17.7. The van der Waals surface area contributed by atoms with Crippen LogP contribution in [-0.2, 0) is 10.0 Å². The normalized spacial score (nSPS) is 15.8. The predicted octanol–water partition coefficient (Wildman–Crippen LogP) is 1.56. The van der Waals surface area contributed by atoms with Crippen LogP contribution in [0, 0.1) is 0 Å². The molecule has 3 rings (SSSR count). The molecule has 1 aliphatic rings. The van der Waals surface area contributed by atoms with Gasteiger partial charge in [0.25, 0.3) is 0 Å². The van der Waals surface area contributed by atoms with Crippen molar-refractivity contribution in [2.75, 3.05) is 26.3 Å². The number of nitrogens with two attached hydrogens (primary N) is 1. The van der Waals surface area contributed by atoms with E-state index in [0.29, 0.717) is 32.1 Å². The van der Waals surface area contributed by atoms with Gasteiger partial charge in [0.2, 0.25) is 10.0 Å². The van der Waals surface area contributed by atoms with Gasteiger partial charge in [0.15, 0.2) is 11.5 Å².